The molecule has 1 aromatic carbocycles. The summed E-state index contributed by atoms with van der Waals surface area (Å²) in [5.41, 5.74) is 1.39. The number of hydrogen-bond donors (Lipinski definition) is 2. The third kappa shape index (κ3) is 7.52. The Morgan fingerprint density at radius 1 is 1.07 bits per heavy atom. The van der Waals surface area contributed by atoms with E-state index in [0.717, 1.165) is 18.6 Å². The lowest BCUT2D eigenvalue weighted by atomic mass is 10.1. The number of rotatable bonds is 13. The number of nitrogens with zero attached hydrogens (tertiary/aromatic N) is 2. The Labute approximate surface area is 174 Å². The molecule has 160 valence electrons. The first-order valence-corrected chi connectivity index (χ1v) is 11.0. The maximum atomic E-state index is 12.4. The van der Waals surface area contributed by atoms with Crippen LogP contribution in [-0.4, -0.2) is 29.2 Å². The first-order valence-electron chi connectivity index (χ1n) is 11.0. The van der Waals surface area contributed by atoms with Crippen LogP contribution >= 0.6 is 0 Å². The smallest absolute Gasteiger partial charge is 0.255 e. The van der Waals surface area contributed by atoms with E-state index >= 15 is 0 Å². The van der Waals surface area contributed by atoms with Gasteiger partial charge < -0.3 is 10.4 Å². The van der Waals surface area contributed by atoms with Crippen molar-refractivity contribution in [3.8, 4) is 5.75 Å². The summed E-state index contributed by atoms with van der Waals surface area (Å²) in [5.74, 6) is -0.556. The van der Waals surface area contributed by atoms with Crippen LogP contribution in [0.2, 0.25) is 0 Å². The summed E-state index contributed by atoms with van der Waals surface area (Å²) in [6.07, 6.45) is 12.7. The summed E-state index contributed by atoms with van der Waals surface area (Å²) in [7, 11) is 0. The van der Waals surface area contributed by atoms with E-state index in [2.05, 4.69) is 17.3 Å². The third-order valence-electron chi connectivity index (χ3n) is 5.20. The van der Waals surface area contributed by atoms with Gasteiger partial charge in [0.05, 0.1) is 17.7 Å². The highest BCUT2D eigenvalue weighted by atomic mass is 16.3. The topological polar surface area (TPSA) is 82.0 Å². The van der Waals surface area contributed by atoms with Gasteiger partial charge in [-0.05, 0) is 31.5 Å². The zero-order chi connectivity index (χ0) is 21.1. The minimum atomic E-state index is -0.326. The average Bonchev–Trinajstić information content (AvgIpc) is 3.04. The van der Waals surface area contributed by atoms with Crippen molar-refractivity contribution in [1.82, 2.24) is 5.32 Å². The van der Waals surface area contributed by atoms with Crippen molar-refractivity contribution < 1.29 is 14.7 Å². The van der Waals surface area contributed by atoms with E-state index in [-0.39, 0.29) is 29.5 Å². The number of carbonyl (C=O) groups excluding carboxylic acids is 2. The number of phenols is 1. The summed E-state index contributed by atoms with van der Waals surface area (Å²) in [5, 5.41) is 18.4. The molecule has 29 heavy (non-hydrogen) atoms. The van der Waals surface area contributed by atoms with Crippen molar-refractivity contribution in [3.05, 3.63) is 23.8 Å². The molecule has 0 unspecified atom stereocenters. The van der Waals surface area contributed by atoms with Crippen molar-refractivity contribution in [1.29, 1.82) is 0 Å². The molecule has 0 saturated heterocycles. The van der Waals surface area contributed by atoms with Crippen LogP contribution in [0.5, 0.6) is 5.75 Å². The van der Waals surface area contributed by atoms with Gasteiger partial charge in [-0.3, -0.25) is 9.59 Å². The van der Waals surface area contributed by atoms with Gasteiger partial charge >= 0.3 is 0 Å². The van der Waals surface area contributed by atoms with Crippen LogP contribution in [-0.2, 0) is 4.79 Å². The van der Waals surface area contributed by atoms with Gasteiger partial charge in [-0.15, -0.1) is 0 Å². The zero-order valence-electron chi connectivity index (χ0n) is 17.9. The molecule has 1 aliphatic rings. The van der Waals surface area contributed by atoms with E-state index in [9.17, 15) is 14.7 Å². The highest BCUT2D eigenvalue weighted by molar-refractivity contribution is 6.12. The van der Waals surface area contributed by atoms with Crippen molar-refractivity contribution in [2.75, 3.05) is 11.6 Å². The largest absolute Gasteiger partial charge is 0.507 e. The van der Waals surface area contributed by atoms with Crippen LogP contribution in [0.4, 0.5) is 5.69 Å². The monoisotopic (exact) mass is 401 g/mol. The maximum Gasteiger partial charge on any atom is 0.255 e. The lowest BCUT2D eigenvalue weighted by Gasteiger charge is -2.14. The number of aromatic hydroxyl groups is 1. The molecular formula is C23H35N3O3. The first-order chi connectivity index (χ1) is 14.0. The minimum absolute atomic E-state index is 0.0957. The molecule has 0 saturated carbocycles. The summed E-state index contributed by atoms with van der Waals surface area (Å²) in [4.78, 5) is 24.4. The normalized spacial score (nSPS) is 13.7. The van der Waals surface area contributed by atoms with E-state index in [1.165, 1.54) is 68.5 Å². The number of unbranched alkanes of at least 4 members (excludes halogenated alkanes) is 9. The van der Waals surface area contributed by atoms with Gasteiger partial charge in [0.25, 0.3) is 11.8 Å². The fourth-order valence-corrected chi connectivity index (χ4v) is 3.50. The zero-order valence-corrected chi connectivity index (χ0v) is 17.9. The van der Waals surface area contributed by atoms with Crippen molar-refractivity contribution in [3.63, 3.8) is 0 Å². The molecule has 0 radical (unpaired) electrons. The Bertz CT molecular complexity index is 715. The van der Waals surface area contributed by atoms with Crippen LogP contribution in [0.25, 0.3) is 0 Å². The molecule has 6 nitrogen and oxygen atoms in total. The number of benzene rings is 1. The predicted octanol–water partition coefficient (Wildman–Crippen LogP) is 5.16. The maximum absolute atomic E-state index is 12.4. The van der Waals surface area contributed by atoms with E-state index in [1.807, 2.05) is 0 Å². The standard InChI is InChI=1S/C23H35N3O3/c1-3-4-5-6-7-8-9-10-11-12-15-24-23(29)20-17-19(13-14-21(20)27)26-22(28)16-18(2)25-26/h13-14,17,27H,3-12,15-16H2,1-2H3,(H,24,29). The Hall–Kier alpha value is -2.37. The lowest BCUT2D eigenvalue weighted by molar-refractivity contribution is -0.116. The molecule has 1 aromatic rings. The average molecular weight is 402 g/mol. The van der Waals surface area contributed by atoms with Crippen LogP contribution in [0.3, 0.4) is 0 Å². The minimum Gasteiger partial charge on any atom is -0.507 e. The number of anilines is 1. The predicted molar refractivity (Wildman–Crippen MR) is 117 cm³/mol. The molecule has 0 atom stereocenters. The second-order valence-electron chi connectivity index (χ2n) is 7.86. The Kier molecular flexibility index (Phi) is 9.68. The number of hydrogen-bond acceptors (Lipinski definition) is 4. The van der Waals surface area contributed by atoms with Gasteiger partial charge in [-0.25, -0.2) is 5.01 Å². The van der Waals surface area contributed by atoms with Crippen molar-refractivity contribution in [2.24, 2.45) is 5.10 Å². The number of carbonyl (C=O) groups is 2. The summed E-state index contributed by atoms with van der Waals surface area (Å²) in [6, 6.07) is 4.54. The van der Waals surface area contributed by atoms with Gasteiger partial charge in [-0.1, -0.05) is 64.7 Å². The molecule has 2 amide bonds. The van der Waals surface area contributed by atoms with Crippen LogP contribution in [0, 0.1) is 0 Å². The van der Waals surface area contributed by atoms with Gasteiger partial charge in [0.2, 0.25) is 0 Å². The Morgan fingerprint density at radius 3 is 2.28 bits per heavy atom. The van der Waals surface area contributed by atoms with Crippen LogP contribution < -0.4 is 10.3 Å². The molecule has 2 N–H and O–H groups in total. The first kappa shape index (κ1) is 22.9. The number of hydrazone groups is 1. The molecular weight excluding hydrogens is 366 g/mol. The summed E-state index contributed by atoms with van der Waals surface area (Å²) in [6.45, 7) is 4.61. The lowest BCUT2D eigenvalue weighted by Crippen LogP contribution is -2.25. The highest BCUT2D eigenvalue weighted by Gasteiger charge is 2.24. The van der Waals surface area contributed by atoms with Gasteiger partial charge in [0.15, 0.2) is 0 Å². The van der Waals surface area contributed by atoms with Crippen LogP contribution in [0.15, 0.2) is 23.3 Å². The van der Waals surface area contributed by atoms with E-state index in [1.54, 1.807) is 13.0 Å². The summed E-state index contributed by atoms with van der Waals surface area (Å²) >= 11 is 0. The second kappa shape index (κ2) is 12.2. The molecule has 0 aromatic heterocycles. The van der Waals surface area contributed by atoms with E-state index < -0.39 is 0 Å². The number of amides is 2. The van der Waals surface area contributed by atoms with Crippen LogP contribution in [0.1, 0.15) is 94.8 Å². The molecule has 0 aliphatic carbocycles. The van der Waals surface area contributed by atoms with E-state index in [4.69, 9.17) is 0 Å². The van der Waals surface area contributed by atoms with E-state index in [0.29, 0.717) is 12.2 Å². The van der Waals surface area contributed by atoms with Crippen molar-refractivity contribution in [2.45, 2.75) is 84.5 Å². The fraction of sp³-hybridized carbons (Fsp3) is 0.609. The molecule has 1 heterocycles. The SMILES string of the molecule is CCCCCCCCCCCCNC(=O)c1cc(N2N=C(C)CC2=O)ccc1O. The summed E-state index contributed by atoms with van der Waals surface area (Å²) < 4.78 is 0. The molecule has 2 rings (SSSR count). The number of phenolic OH excluding ortho intramolecular Hbond substituents is 1. The molecule has 6 heteroatoms. The molecule has 0 bridgehead atoms. The Morgan fingerprint density at radius 2 is 1.69 bits per heavy atom. The number of nitrogens with one attached hydrogen (secondary N) is 1. The Balaban J connectivity index is 1.69. The van der Waals surface area contributed by atoms with Gasteiger partial charge in [-0.2, -0.15) is 5.10 Å². The quantitative estimate of drug-likeness (QED) is 0.448. The van der Waals surface area contributed by atoms with Gasteiger partial charge in [0, 0.05) is 12.3 Å². The molecule has 0 spiro atoms. The molecule has 1 aliphatic heterocycles. The van der Waals surface area contributed by atoms with Gasteiger partial charge in [0.1, 0.15) is 5.75 Å². The molecule has 0 fully saturated rings. The highest BCUT2D eigenvalue weighted by Crippen LogP contribution is 2.27. The third-order valence-corrected chi connectivity index (χ3v) is 5.20. The second-order valence-corrected chi connectivity index (χ2v) is 7.86. The van der Waals surface area contributed by atoms with Crippen molar-refractivity contribution >= 4 is 23.2 Å². The fourth-order valence-electron chi connectivity index (χ4n) is 3.50.